The van der Waals surface area contributed by atoms with Gasteiger partial charge in [0, 0.05) is 12.1 Å². The van der Waals surface area contributed by atoms with E-state index in [-0.39, 0.29) is 14.9 Å². The van der Waals surface area contributed by atoms with E-state index in [2.05, 4.69) is 18.7 Å². The smallest absolute Gasteiger partial charge is 0.0245 e. The molecule has 0 aliphatic carbocycles. The van der Waals surface area contributed by atoms with Crippen LogP contribution in [0.5, 0.6) is 0 Å². The van der Waals surface area contributed by atoms with E-state index >= 15 is 0 Å². The van der Waals surface area contributed by atoms with Crippen molar-refractivity contribution in [3.8, 4) is 0 Å². The Morgan fingerprint density at radius 2 is 1.57 bits per heavy atom. The van der Waals surface area contributed by atoms with Gasteiger partial charge in [-0.3, -0.25) is 4.90 Å². The molecule has 0 saturated carbocycles. The lowest BCUT2D eigenvalue weighted by Crippen LogP contribution is -2.58. The maximum absolute atomic E-state index is 2.68. The molecule has 0 amide bonds. The van der Waals surface area contributed by atoms with Crippen LogP contribution in [0.25, 0.3) is 0 Å². The van der Waals surface area contributed by atoms with Crippen LogP contribution in [0.1, 0.15) is 61.8 Å². The molecule has 0 spiro atoms. The molecule has 88 valence electrons. The predicted molar refractivity (Wildman–Crippen MR) is 67.8 cm³/mol. The average molecular weight is 201 g/mol. The summed E-state index contributed by atoms with van der Waals surface area (Å²) in [5.41, 5.74) is 0.667. The summed E-state index contributed by atoms with van der Waals surface area (Å²) in [6.45, 7) is 11.5. The fourth-order valence-electron chi connectivity index (χ4n) is 2.69. The van der Waals surface area contributed by atoms with Gasteiger partial charge in [0.1, 0.15) is 0 Å². The molecule has 2 saturated heterocycles. The van der Waals surface area contributed by atoms with Gasteiger partial charge in [-0.05, 0) is 31.7 Å². The van der Waals surface area contributed by atoms with Crippen LogP contribution in [0.3, 0.4) is 0 Å². The van der Waals surface area contributed by atoms with Gasteiger partial charge >= 0.3 is 0 Å². The molecule has 0 radical (unpaired) electrons. The molecule has 1 unspecified atom stereocenters. The highest BCUT2D eigenvalue weighted by atomic mass is 15.3. The number of hydrogen-bond acceptors (Lipinski definition) is 1. The summed E-state index contributed by atoms with van der Waals surface area (Å²) in [7, 11) is 0. The van der Waals surface area contributed by atoms with Gasteiger partial charge in [0.25, 0.3) is 0 Å². The minimum Gasteiger partial charge on any atom is -0.297 e. The Balaban J connectivity index is 0. The summed E-state index contributed by atoms with van der Waals surface area (Å²) in [6, 6.07) is 0. The van der Waals surface area contributed by atoms with E-state index in [0.717, 1.165) is 5.92 Å². The van der Waals surface area contributed by atoms with Gasteiger partial charge < -0.3 is 0 Å². The molecule has 14 heavy (non-hydrogen) atoms. The molecular weight excluding hydrogens is 170 g/mol. The van der Waals surface area contributed by atoms with Crippen molar-refractivity contribution in [3.63, 3.8) is 0 Å². The zero-order valence-electron chi connectivity index (χ0n) is 9.06. The third-order valence-electron chi connectivity index (χ3n) is 3.56. The number of fused-ring (bicyclic) bond motifs is 1. The Hall–Kier alpha value is -0.0400. The van der Waals surface area contributed by atoms with E-state index < -0.39 is 0 Å². The molecule has 2 rings (SSSR count). The second kappa shape index (κ2) is 6.44. The molecule has 2 aliphatic heterocycles. The zero-order chi connectivity index (χ0) is 9.19. The van der Waals surface area contributed by atoms with E-state index in [0.29, 0.717) is 5.54 Å². The van der Waals surface area contributed by atoms with Gasteiger partial charge in [-0.15, -0.1) is 0 Å². The monoisotopic (exact) mass is 201 g/mol. The van der Waals surface area contributed by atoms with Gasteiger partial charge in [0.2, 0.25) is 0 Å². The second-order valence-corrected chi connectivity index (χ2v) is 4.10. The first kappa shape index (κ1) is 16.4. The summed E-state index contributed by atoms with van der Waals surface area (Å²) < 4.78 is 0. The molecule has 2 aliphatic rings. The number of nitrogens with zero attached hydrogens (tertiary/aromatic N) is 1. The predicted octanol–water partition coefficient (Wildman–Crippen LogP) is 4.18. The number of rotatable bonds is 1. The SMILES string of the molecule is C.C.CC.CC(C)C12CCCN1CC2. The van der Waals surface area contributed by atoms with Crippen molar-refractivity contribution in [2.75, 3.05) is 13.1 Å². The second-order valence-electron chi connectivity index (χ2n) is 4.10. The molecule has 2 fully saturated rings. The average Bonchev–Trinajstić information content (AvgIpc) is 2.32. The molecule has 0 aromatic carbocycles. The van der Waals surface area contributed by atoms with Crippen LogP contribution in [-0.4, -0.2) is 23.5 Å². The van der Waals surface area contributed by atoms with Crippen LogP contribution in [0.15, 0.2) is 0 Å². The van der Waals surface area contributed by atoms with Gasteiger partial charge in [-0.1, -0.05) is 42.5 Å². The van der Waals surface area contributed by atoms with Crippen molar-refractivity contribution in [2.24, 2.45) is 5.92 Å². The quantitative estimate of drug-likeness (QED) is 0.615. The van der Waals surface area contributed by atoms with Crippen molar-refractivity contribution in [2.45, 2.75) is 67.3 Å². The van der Waals surface area contributed by atoms with Crippen LogP contribution in [0.4, 0.5) is 0 Å². The Kier molecular flexibility index (Phi) is 7.55. The van der Waals surface area contributed by atoms with E-state index in [4.69, 9.17) is 0 Å². The highest BCUT2D eigenvalue weighted by Crippen LogP contribution is 2.45. The van der Waals surface area contributed by atoms with Crippen molar-refractivity contribution < 1.29 is 0 Å². The lowest BCUT2D eigenvalue weighted by atomic mass is 9.76. The van der Waals surface area contributed by atoms with Crippen LogP contribution < -0.4 is 0 Å². The van der Waals surface area contributed by atoms with Crippen molar-refractivity contribution in [1.82, 2.24) is 4.90 Å². The van der Waals surface area contributed by atoms with Crippen LogP contribution in [0, 0.1) is 5.92 Å². The summed E-state index contributed by atoms with van der Waals surface area (Å²) in [6.07, 6.45) is 4.37. The van der Waals surface area contributed by atoms with Crippen molar-refractivity contribution in [3.05, 3.63) is 0 Å². The summed E-state index contributed by atoms with van der Waals surface area (Å²) in [5, 5.41) is 0. The first-order valence-corrected chi connectivity index (χ1v) is 5.51. The topological polar surface area (TPSA) is 3.24 Å². The van der Waals surface area contributed by atoms with Gasteiger partial charge in [0.15, 0.2) is 0 Å². The molecule has 1 nitrogen and oxygen atoms in total. The summed E-state index contributed by atoms with van der Waals surface area (Å²) >= 11 is 0. The maximum atomic E-state index is 2.68. The number of hydrogen-bond donors (Lipinski definition) is 0. The largest absolute Gasteiger partial charge is 0.297 e. The highest BCUT2D eigenvalue weighted by molar-refractivity contribution is 5.05. The zero-order valence-corrected chi connectivity index (χ0v) is 9.06. The highest BCUT2D eigenvalue weighted by Gasteiger charge is 2.49. The van der Waals surface area contributed by atoms with E-state index in [1.54, 1.807) is 0 Å². The van der Waals surface area contributed by atoms with Crippen molar-refractivity contribution in [1.29, 1.82) is 0 Å². The summed E-state index contributed by atoms with van der Waals surface area (Å²) in [5.74, 6) is 0.878. The molecule has 1 atom stereocenters. The standard InChI is InChI=1S/C9H17N.C2H6.2CH4/c1-8(2)9-4-3-6-10(9)7-5-9;1-2;;/h8H,3-7H2,1-2H3;1-2H3;2*1H4. The minimum atomic E-state index is 0. The molecule has 0 bridgehead atoms. The third kappa shape index (κ3) is 2.31. The van der Waals surface area contributed by atoms with E-state index in [1.807, 2.05) is 13.8 Å². The Morgan fingerprint density at radius 1 is 1.00 bits per heavy atom. The Morgan fingerprint density at radius 3 is 1.79 bits per heavy atom. The third-order valence-corrected chi connectivity index (χ3v) is 3.56. The first-order valence-electron chi connectivity index (χ1n) is 5.51. The van der Waals surface area contributed by atoms with E-state index in [9.17, 15) is 0 Å². The van der Waals surface area contributed by atoms with E-state index in [1.165, 1.54) is 32.4 Å². The van der Waals surface area contributed by atoms with Crippen LogP contribution >= 0.6 is 0 Å². The summed E-state index contributed by atoms with van der Waals surface area (Å²) in [4.78, 5) is 2.68. The molecule has 0 aromatic heterocycles. The van der Waals surface area contributed by atoms with Gasteiger partial charge in [-0.2, -0.15) is 0 Å². The molecular formula is C13H31N. The van der Waals surface area contributed by atoms with Crippen LogP contribution in [-0.2, 0) is 0 Å². The molecule has 1 heteroatoms. The fraction of sp³-hybridized carbons (Fsp3) is 1.00. The normalized spacial score (nSPS) is 28.9. The maximum Gasteiger partial charge on any atom is 0.0245 e. The Labute approximate surface area is 91.9 Å². The lowest BCUT2D eigenvalue weighted by molar-refractivity contribution is -0.0116. The van der Waals surface area contributed by atoms with Gasteiger partial charge in [-0.25, -0.2) is 0 Å². The lowest BCUT2D eigenvalue weighted by Gasteiger charge is -2.51. The van der Waals surface area contributed by atoms with Gasteiger partial charge in [0.05, 0.1) is 0 Å². The molecule has 0 N–H and O–H groups in total. The molecule has 2 heterocycles. The Bertz CT molecular complexity index is 142. The minimum absolute atomic E-state index is 0. The fourth-order valence-corrected chi connectivity index (χ4v) is 2.69. The van der Waals surface area contributed by atoms with Crippen LogP contribution in [0.2, 0.25) is 0 Å². The molecule has 0 aromatic rings. The van der Waals surface area contributed by atoms with Crippen molar-refractivity contribution >= 4 is 0 Å². The first-order chi connectivity index (χ1) is 5.76.